The summed E-state index contributed by atoms with van der Waals surface area (Å²) in [4.78, 5) is 17.0. The number of nitrogens with one attached hydrogen (secondary N) is 2. The highest BCUT2D eigenvalue weighted by atomic mass is 35.5. The Morgan fingerprint density at radius 2 is 1.87 bits per heavy atom. The number of carbonyl (C=O) groups is 1. The van der Waals surface area contributed by atoms with Crippen molar-refractivity contribution in [2.24, 2.45) is 5.10 Å². The summed E-state index contributed by atoms with van der Waals surface area (Å²) < 4.78 is 5.16. The summed E-state index contributed by atoms with van der Waals surface area (Å²) in [5.41, 5.74) is 5.05. The lowest BCUT2D eigenvalue weighted by molar-refractivity contribution is 0.0997. The second-order valence-corrected chi connectivity index (χ2v) is 7.87. The molecule has 0 unspecified atom stereocenters. The first-order valence-corrected chi connectivity index (χ1v) is 10.3. The van der Waals surface area contributed by atoms with Crippen LogP contribution in [0.3, 0.4) is 0 Å². The molecular weight excluding hydrogens is 443 g/mol. The molecule has 0 saturated heterocycles. The molecule has 0 aliphatic carbocycles. The first-order valence-electron chi connectivity index (χ1n) is 8.75. The third kappa shape index (κ3) is 4.71. The van der Waals surface area contributed by atoms with E-state index in [1.54, 1.807) is 36.5 Å². The van der Waals surface area contributed by atoms with Gasteiger partial charge in [-0.25, -0.2) is 4.98 Å². The van der Waals surface area contributed by atoms with Crippen LogP contribution in [0.2, 0.25) is 10.0 Å². The Morgan fingerprint density at radius 1 is 1.07 bits per heavy atom. The predicted octanol–water partition coefficient (Wildman–Crippen LogP) is 6.41. The quantitative estimate of drug-likeness (QED) is 0.259. The van der Waals surface area contributed by atoms with E-state index in [1.807, 2.05) is 30.3 Å². The number of amides is 1. The molecule has 0 atom stereocenters. The maximum absolute atomic E-state index is 12.4. The van der Waals surface area contributed by atoms with Crippen molar-refractivity contribution in [1.82, 2.24) is 4.98 Å². The molecule has 0 aliphatic heterocycles. The van der Waals surface area contributed by atoms with Crippen LogP contribution in [0.25, 0.3) is 11.3 Å². The molecule has 0 fully saturated rings. The molecule has 2 aromatic carbocycles. The predicted molar refractivity (Wildman–Crippen MR) is 122 cm³/mol. The largest absolute Gasteiger partial charge is 0.459 e. The summed E-state index contributed by atoms with van der Waals surface area (Å²) >= 11 is 13.4. The Balaban J connectivity index is 1.60. The van der Waals surface area contributed by atoms with Crippen LogP contribution in [0, 0.1) is 0 Å². The minimum Gasteiger partial charge on any atom is -0.459 e. The lowest BCUT2D eigenvalue weighted by Gasteiger charge is -2.03. The fourth-order valence-corrected chi connectivity index (χ4v) is 3.71. The van der Waals surface area contributed by atoms with Gasteiger partial charge in [-0.1, -0.05) is 64.9 Å². The van der Waals surface area contributed by atoms with E-state index in [4.69, 9.17) is 27.6 Å². The van der Waals surface area contributed by atoms with E-state index in [-0.39, 0.29) is 11.7 Å². The molecule has 1 amide bonds. The number of carbonyl (C=O) groups excluding carboxylic acids is 1. The Morgan fingerprint density at radius 3 is 2.60 bits per heavy atom. The van der Waals surface area contributed by atoms with Crippen LogP contribution < -0.4 is 10.7 Å². The Hall–Kier alpha value is -3.13. The van der Waals surface area contributed by atoms with Crippen LogP contribution in [0.5, 0.6) is 0 Å². The molecule has 0 saturated carbocycles. The Kier molecular flexibility index (Phi) is 6.13. The van der Waals surface area contributed by atoms with Gasteiger partial charge in [0.1, 0.15) is 10.7 Å². The van der Waals surface area contributed by atoms with Gasteiger partial charge in [-0.2, -0.15) is 5.10 Å². The first-order chi connectivity index (χ1) is 14.6. The van der Waals surface area contributed by atoms with Crippen LogP contribution in [0.15, 0.2) is 76.4 Å². The number of nitrogens with zero attached hydrogens (tertiary/aromatic N) is 2. The molecule has 0 spiro atoms. The van der Waals surface area contributed by atoms with Crippen molar-refractivity contribution in [3.05, 3.63) is 88.3 Å². The number of hydrogen-bond acceptors (Lipinski definition) is 6. The molecule has 30 heavy (non-hydrogen) atoms. The number of halogens is 2. The molecule has 150 valence electrons. The molecule has 2 aromatic heterocycles. The van der Waals surface area contributed by atoms with Crippen LogP contribution in [0.1, 0.15) is 16.1 Å². The fourth-order valence-electron chi connectivity index (χ4n) is 2.57. The lowest BCUT2D eigenvalue weighted by Crippen LogP contribution is -2.10. The summed E-state index contributed by atoms with van der Waals surface area (Å²) in [6, 6.07) is 17.8. The zero-order chi connectivity index (χ0) is 20.9. The van der Waals surface area contributed by atoms with Crippen molar-refractivity contribution in [2.75, 3.05) is 10.7 Å². The molecule has 0 bridgehead atoms. The van der Waals surface area contributed by atoms with Crippen molar-refractivity contribution in [3.63, 3.8) is 0 Å². The van der Waals surface area contributed by atoms with E-state index in [9.17, 15) is 4.79 Å². The number of hydrazone groups is 1. The average Bonchev–Trinajstić information content (AvgIpc) is 3.41. The van der Waals surface area contributed by atoms with Crippen LogP contribution in [-0.2, 0) is 0 Å². The first kappa shape index (κ1) is 20.2. The summed E-state index contributed by atoms with van der Waals surface area (Å²) in [5, 5.41) is 9.29. The van der Waals surface area contributed by atoms with Gasteiger partial charge >= 0.3 is 0 Å². The molecule has 6 nitrogen and oxygen atoms in total. The lowest BCUT2D eigenvalue weighted by atomic mass is 10.1. The van der Waals surface area contributed by atoms with Crippen molar-refractivity contribution in [2.45, 2.75) is 0 Å². The highest BCUT2D eigenvalue weighted by molar-refractivity contribution is 7.20. The second kappa shape index (κ2) is 9.13. The third-order valence-corrected chi connectivity index (χ3v) is 5.46. The smallest absolute Gasteiger partial charge is 0.292 e. The van der Waals surface area contributed by atoms with E-state index in [1.165, 1.54) is 17.6 Å². The molecule has 4 aromatic rings. The van der Waals surface area contributed by atoms with Crippen molar-refractivity contribution in [1.29, 1.82) is 0 Å². The maximum Gasteiger partial charge on any atom is 0.292 e. The Bertz CT molecular complexity index is 1190. The normalized spacial score (nSPS) is 11.0. The molecule has 2 heterocycles. The van der Waals surface area contributed by atoms with Gasteiger partial charge in [0.25, 0.3) is 5.91 Å². The number of anilines is 2. The Labute approximate surface area is 186 Å². The monoisotopic (exact) mass is 456 g/mol. The third-order valence-electron chi connectivity index (χ3n) is 3.99. The van der Waals surface area contributed by atoms with Crippen molar-refractivity contribution in [3.8, 4) is 11.3 Å². The molecule has 4 rings (SSSR count). The number of hydrogen-bond donors (Lipinski definition) is 2. The summed E-state index contributed by atoms with van der Waals surface area (Å²) in [6.07, 6.45) is 3.05. The van der Waals surface area contributed by atoms with Crippen LogP contribution in [0.4, 0.5) is 10.1 Å². The SMILES string of the molecule is O=C(Nc1sc(N/N=C\c2ccccc2Cl)nc1-c1ccc(Cl)cc1)c1ccco1. The topological polar surface area (TPSA) is 79.5 Å². The summed E-state index contributed by atoms with van der Waals surface area (Å²) in [7, 11) is 0. The van der Waals surface area contributed by atoms with Gasteiger partial charge in [0.05, 0.1) is 12.5 Å². The molecule has 9 heteroatoms. The molecule has 0 radical (unpaired) electrons. The number of aromatic nitrogens is 1. The van der Waals surface area contributed by atoms with Gasteiger partial charge in [-0.3, -0.25) is 10.2 Å². The number of rotatable bonds is 6. The number of furan rings is 1. The fraction of sp³-hybridized carbons (Fsp3) is 0. The van der Waals surface area contributed by atoms with Gasteiger partial charge < -0.3 is 9.73 Å². The van der Waals surface area contributed by atoms with E-state index in [2.05, 4.69) is 20.8 Å². The maximum atomic E-state index is 12.4. The standard InChI is InChI=1S/C21H14Cl2N4O2S/c22-15-9-7-13(8-10-15)18-20(26-19(28)17-6-3-11-29-17)30-21(25-18)27-24-12-14-4-1-2-5-16(14)23/h1-12H,(H,25,27)(H,26,28)/b24-12-. The van der Waals surface area contributed by atoms with E-state index < -0.39 is 0 Å². The summed E-state index contributed by atoms with van der Waals surface area (Å²) in [5.74, 6) is -0.165. The van der Waals surface area contributed by atoms with E-state index in [0.717, 1.165) is 11.1 Å². The van der Waals surface area contributed by atoms with Gasteiger partial charge in [0, 0.05) is 21.2 Å². The number of benzene rings is 2. The highest BCUT2D eigenvalue weighted by Gasteiger charge is 2.17. The number of thiazole rings is 1. The van der Waals surface area contributed by atoms with Gasteiger partial charge in [-0.15, -0.1) is 0 Å². The van der Waals surface area contributed by atoms with Crippen molar-refractivity contribution >= 4 is 56.8 Å². The van der Waals surface area contributed by atoms with E-state index in [0.29, 0.717) is 25.9 Å². The van der Waals surface area contributed by atoms with Gasteiger partial charge in [0.2, 0.25) is 5.13 Å². The van der Waals surface area contributed by atoms with Gasteiger partial charge in [0.15, 0.2) is 5.76 Å². The second-order valence-electron chi connectivity index (χ2n) is 6.03. The minimum atomic E-state index is -0.370. The minimum absolute atomic E-state index is 0.205. The van der Waals surface area contributed by atoms with Crippen molar-refractivity contribution < 1.29 is 9.21 Å². The molecule has 0 aliphatic rings. The molecule has 2 N–H and O–H groups in total. The van der Waals surface area contributed by atoms with E-state index >= 15 is 0 Å². The molecular formula is C21H14Cl2N4O2S. The van der Waals surface area contributed by atoms with Crippen LogP contribution >= 0.6 is 34.5 Å². The average molecular weight is 457 g/mol. The highest BCUT2D eigenvalue weighted by Crippen LogP contribution is 2.36. The van der Waals surface area contributed by atoms with Gasteiger partial charge in [-0.05, 0) is 30.3 Å². The van der Waals surface area contributed by atoms with Crippen LogP contribution in [-0.4, -0.2) is 17.1 Å². The zero-order valence-corrected chi connectivity index (χ0v) is 17.6. The summed E-state index contributed by atoms with van der Waals surface area (Å²) in [6.45, 7) is 0. The zero-order valence-electron chi connectivity index (χ0n) is 15.3.